The lowest BCUT2D eigenvalue weighted by molar-refractivity contribution is -0.116. The highest BCUT2D eigenvalue weighted by atomic mass is 16.3. The van der Waals surface area contributed by atoms with E-state index in [2.05, 4.69) is 39.8 Å². The summed E-state index contributed by atoms with van der Waals surface area (Å²) >= 11 is 0. The molecule has 23 heavy (non-hydrogen) atoms. The van der Waals surface area contributed by atoms with E-state index in [-0.39, 0.29) is 17.1 Å². The first-order valence-corrected chi connectivity index (χ1v) is 8.82. The Bertz CT molecular complexity index is 647. The topological polar surface area (TPSA) is 37.3 Å². The molecule has 0 saturated heterocycles. The SMILES string of the molecule is Cc1cc(C(O)C2CCCC3=CC(=O)CCC32C)cc(C)c1C. The fourth-order valence-corrected chi connectivity index (χ4v) is 4.57. The molecule has 1 saturated carbocycles. The second-order valence-electron chi connectivity index (χ2n) is 7.78. The van der Waals surface area contributed by atoms with E-state index in [9.17, 15) is 9.90 Å². The lowest BCUT2D eigenvalue weighted by Gasteiger charge is -2.47. The summed E-state index contributed by atoms with van der Waals surface area (Å²) in [6, 6.07) is 4.28. The first-order valence-electron chi connectivity index (χ1n) is 8.82. The van der Waals surface area contributed by atoms with Crippen molar-refractivity contribution in [1.29, 1.82) is 0 Å². The zero-order valence-corrected chi connectivity index (χ0v) is 14.8. The van der Waals surface area contributed by atoms with Crippen molar-refractivity contribution in [2.75, 3.05) is 0 Å². The van der Waals surface area contributed by atoms with Gasteiger partial charge in [0, 0.05) is 6.42 Å². The third-order valence-corrected chi connectivity index (χ3v) is 6.41. The largest absolute Gasteiger partial charge is 0.388 e. The van der Waals surface area contributed by atoms with E-state index in [0.717, 1.165) is 31.2 Å². The molecule has 3 atom stereocenters. The third-order valence-electron chi connectivity index (χ3n) is 6.41. The van der Waals surface area contributed by atoms with Crippen LogP contribution in [0, 0.1) is 32.1 Å². The van der Waals surface area contributed by atoms with Gasteiger partial charge in [0.2, 0.25) is 0 Å². The number of rotatable bonds is 2. The molecular formula is C21H28O2. The molecule has 1 aromatic carbocycles. The van der Waals surface area contributed by atoms with Gasteiger partial charge in [0.15, 0.2) is 5.78 Å². The highest BCUT2D eigenvalue weighted by Gasteiger charge is 2.45. The first-order chi connectivity index (χ1) is 10.8. The Hall–Kier alpha value is -1.41. The van der Waals surface area contributed by atoms with Gasteiger partial charge in [-0.1, -0.05) is 24.6 Å². The summed E-state index contributed by atoms with van der Waals surface area (Å²) in [5.74, 6) is 0.465. The van der Waals surface area contributed by atoms with Crippen LogP contribution in [0.4, 0.5) is 0 Å². The number of aliphatic hydroxyl groups is 1. The number of carbonyl (C=O) groups is 1. The third kappa shape index (κ3) is 2.78. The molecule has 0 bridgehead atoms. The van der Waals surface area contributed by atoms with Crippen molar-refractivity contribution in [2.45, 2.75) is 65.9 Å². The van der Waals surface area contributed by atoms with Crippen LogP contribution in [0.25, 0.3) is 0 Å². The Morgan fingerprint density at radius 1 is 1.17 bits per heavy atom. The van der Waals surface area contributed by atoms with Crippen LogP contribution in [-0.2, 0) is 4.79 Å². The standard InChI is InChI=1S/C21H28O2/c1-13-10-16(11-14(2)15(13)3)20(23)19-7-5-6-17-12-18(22)8-9-21(17,19)4/h10-12,19-20,23H,5-9H2,1-4H3. The van der Waals surface area contributed by atoms with E-state index in [4.69, 9.17) is 0 Å². The number of aryl methyl sites for hydroxylation is 2. The number of aliphatic hydroxyl groups excluding tert-OH is 1. The van der Waals surface area contributed by atoms with E-state index < -0.39 is 6.10 Å². The van der Waals surface area contributed by atoms with Crippen molar-refractivity contribution < 1.29 is 9.90 Å². The van der Waals surface area contributed by atoms with Gasteiger partial charge in [-0.3, -0.25) is 4.79 Å². The zero-order valence-electron chi connectivity index (χ0n) is 14.8. The predicted molar refractivity (Wildman–Crippen MR) is 93.4 cm³/mol. The molecule has 0 heterocycles. The monoisotopic (exact) mass is 312 g/mol. The van der Waals surface area contributed by atoms with Crippen LogP contribution in [0.5, 0.6) is 0 Å². The van der Waals surface area contributed by atoms with Gasteiger partial charge < -0.3 is 5.11 Å². The van der Waals surface area contributed by atoms with Crippen molar-refractivity contribution in [1.82, 2.24) is 0 Å². The summed E-state index contributed by atoms with van der Waals surface area (Å²) in [5.41, 5.74) is 6.07. The van der Waals surface area contributed by atoms with E-state index in [1.807, 2.05) is 6.08 Å². The fraction of sp³-hybridized carbons (Fsp3) is 0.571. The average molecular weight is 312 g/mol. The Kier molecular flexibility index (Phi) is 4.22. The number of carbonyl (C=O) groups excluding carboxylic acids is 1. The predicted octanol–water partition coefficient (Wildman–Crippen LogP) is 4.74. The van der Waals surface area contributed by atoms with Gasteiger partial charge in [-0.05, 0) is 86.1 Å². The van der Waals surface area contributed by atoms with Crippen LogP contribution in [-0.4, -0.2) is 10.9 Å². The molecular weight excluding hydrogens is 284 g/mol. The molecule has 0 aromatic heterocycles. The lowest BCUT2D eigenvalue weighted by Crippen LogP contribution is -2.39. The molecule has 2 heteroatoms. The smallest absolute Gasteiger partial charge is 0.155 e. The van der Waals surface area contributed by atoms with Crippen LogP contribution < -0.4 is 0 Å². The molecule has 0 spiro atoms. The van der Waals surface area contributed by atoms with E-state index in [1.54, 1.807) is 0 Å². The van der Waals surface area contributed by atoms with Gasteiger partial charge in [0.05, 0.1) is 6.10 Å². The molecule has 2 aliphatic rings. The summed E-state index contributed by atoms with van der Waals surface area (Å²) < 4.78 is 0. The maximum Gasteiger partial charge on any atom is 0.155 e. The number of benzene rings is 1. The fourth-order valence-electron chi connectivity index (χ4n) is 4.57. The quantitative estimate of drug-likeness (QED) is 0.856. The number of hydrogen-bond acceptors (Lipinski definition) is 2. The Labute approximate surface area is 139 Å². The minimum Gasteiger partial charge on any atom is -0.388 e. The number of allylic oxidation sites excluding steroid dienone is 2. The molecule has 1 fully saturated rings. The normalized spacial score (nSPS) is 29.0. The Balaban J connectivity index is 1.97. The van der Waals surface area contributed by atoms with Crippen molar-refractivity contribution >= 4 is 5.78 Å². The molecule has 124 valence electrons. The highest BCUT2D eigenvalue weighted by molar-refractivity contribution is 5.91. The minimum atomic E-state index is -0.449. The van der Waals surface area contributed by atoms with E-state index in [0.29, 0.717) is 6.42 Å². The Morgan fingerprint density at radius 2 is 1.83 bits per heavy atom. The van der Waals surface area contributed by atoms with Gasteiger partial charge in [-0.2, -0.15) is 0 Å². The molecule has 1 aromatic rings. The van der Waals surface area contributed by atoms with E-state index >= 15 is 0 Å². The molecule has 0 amide bonds. The molecule has 3 unspecified atom stereocenters. The Morgan fingerprint density at radius 3 is 2.48 bits per heavy atom. The number of ketones is 1. The molecule has 2 aliphatic carbocycles. The van der Waals surface area contributed by atoms with Crippen molar-refractivity contribution in [3.05, 3.63) is 46.0 Å². The van der Waals surface area contributed by atoms with Gasteiger partial charge in [-0.15, -0.1) is 0 Å². The van der Waals surface area contributed by atoms with Gasteiger partial charge in [-0.25, -0.2) is 0 Å². The molecule has 2 nitrogen and oxygen atoms in total. The van der Waals surface area contributed by atoms with Crippen molar-refractivity contribution in [3.8, 4) is 0 Å². The van der Waals surface area contributed by atoms with E-state index in [1.165, 1.54) is 22.3 Å². The molecule has 0 aliphatic heterocycles. The van der Waals surface area contributed by atoms with Crippen LogP contribution >= 0.6 is 0 Å². The maximum atomic E-state index is 11.8. The van der Waals surface area contributed by atoms with Crippen molar-refractivity contribution in [3.63, 3.8) is 0 Å². The summed E-state index contributed by atoms with van der Waals surface area (Å²) in [4.78, 5) is 11.8. The molecule has 0 radical (unpaired) electrons. The number of hydrogen-bond donors (Lipinski definition) is 1. The lowest BCUT2D eigenvalue weighted by atomic mass is 9.58. The summed E-state index contributed by atoms with van der Waals surface area (Å²) in [6.07, 6.45) is 6.04. The second-order valence-corrected chi connectivity index (χ2v) is 7.78. The molecule has 3 rings (SSSR count). The maximum absolute atomic E-state index is 11.8. The van der Waals surface area contributed by atoms with Gasteiger partial charge in [0.25, 0.3) is 0 Å². The van der Waals surface area contributed by atoms with Crippen LogP contribution in [0.3, 0.4) is 0 Å². The summed E-state index contributed by atoms with van der Waals surface area (Å²) in [5, 5.41) is 11.1. The summed E-state index contributed by atoms with van der Waals surface area (Å²) in [6.45, 7) is 8.63. The molecule has 1 N–H and O–H groups in total. The van der Waals surface area contributed by atoms with Crippen LogP contribution in [0.1, 0.15) is 67.4 Å². The van der Waals surface area contributed by atoms with Crippen LogP contribution in [0.15, 0.2) is 23.8 Å². The van der Waals surface area contributed by atoms with Gasteiger partial charge >= 0.3 is 0 Å². The van der Waals surface area contributed by atoms with Crippen LogP contribution in [0.2, 0.25) is 0 Å². The highest BCUT2D eigenvalue weighted by Crippen LogP contribution is 2.54. The van der Waals surface area contributed by atoms with Gasteiger partial charge in [0.1, 0.15) is 0 Å². The number of fused-ring (bicyclic) bond motifs is 1. The first kappa shape index (κ1) is 16.4. The summed E-state index contributed by atoms with van der Waals surface area (Å²) in [7, 11) is 0. The average Bonchev–Trinajstić information content (AvgIpc) is 2.51. The second kappa shape index (κ2) is 5.90. The van der Waals surface area contributed by atoms with Crippen molar-refractivity contribution in [2.24, 2.45) is 11.3 Å². The minimum absolute atomic E-state index is 0.0295. The zero-order chi connectivity index (χ0) is 16.8.